The van der Waals surface area contributed by atoms with Crippen LogP contribution in [0.5, 0.6) is 0 Å². The van der Waals surface area contributed by atoms with Gasteiger partial charge < -0.3 is 15.4 Å². The Labute approximate surface area is 92.1 Å². The van der Waals surface area contributed by atoms with Gasteiger partial charge in [0.25, 0.3) is 0 Å². The van der Waals surface area contributed by atoms with Gasteiger partial charge in [-0.3, -0.25) is 4.79 Å². The summed E-state index contributed by atoms with van der Waals surface area (Å²) in [4.78, 5) is 11.1. The molecule has 0 aromatic heterocycles. The van der Waals surface area contributed by atoms with Crippen LogP contribution in [-0.4, -0.2) is 38.8 Å². The zero-order valence-electron chi connectivity index (χ0n) is 9.77. The molecule has 0 heterocycles. The minimum Gasteiger partial charge on any atom is -0.376 e. The number of hydrogen-bond donors (Lipinski definition) is 2. The lowest BCUT2D eigenvalue weighted by Crippen LogP contribution is -2.35. The van der Waals surface area contributed by atoms with Crippen molar-refractivity contribution in [3.8, 4) is 0 Å². The summed E-state index contributed by atoms with van der Waals surface area (Å²) < 4.78 is 5.26. The van der Waals surface area contributed by atoms with Crippen LogP contribution in [0.15, 0.2) is 12.2 Å². The minimum absolute atomic E-state index is 0.0387. The molecule has 0 unspecified atom stereocenters. The Morgan fingerprint density at radius 2 is 2.13 bits per heavy atom. The lowest BCUT2D eigenvalue weighted by atomic mass is 10.4. The van der Waals surface area contributed by atoms with Gasteiger partial charge in [0.15, 0.2) is 0 Å². The molecule has 2 N–H and O–H groups in total. The Morgan fingerprint density at radius 1 is 1.40 bits per heavy atom. The van der Waals surface area contributed by atoms with E-state index in [1.54, 1.807) is 0 Å². The van der Waals surface area contributed by atoms with E-state index in [-0.39, 0.29) is 5.91 Å². The van der Waals surface area contributed by atoms with E-state index in [4.69, 9.17) is 4.74 Å². The summed E-state index contributed by atoms with van der Waals surface area (Å²) in [6.45, 7) is 10.7. The number of carbonyl (C=O) groups is 1. The standard InChI is InChI=1S/C11H22N2O2/c1-4-5-13-11(14)8-12-6-7-15-9-10(2)3/h12H,2,4-9H2,1,3H3,(H,13,14). The van der Waals surface area contributed by atoms with Crippen LogP contribution in [0.2, 0.25) is 0 Å². The van der Waals surface area contributed by atoms with Gasteiger partial charge in [-0.1, -0.05) is 19.1 Å². The molecule has 0 aliphatic heterocycles. The molecule has 15 heavy (non-hydrogen) atoms. The Bertz CT molecular complexity index is 193. The molecule has 0 radical (unpaired) electrons. The van der Waals surface area contributed by atoms with Gasteiger partial charge >= 0.3 is 0 Å². The van der Waals surface area contributed by atoms with Crippen LogP contribution < -0.4 is 10.6 Å². The molecule has 0 aliphatic carbocycles. The van der Waals surface area contributed by atoms with Crippen molar-refractivity contribution >= 4 is 5.91 Å². The van der Waals surface area contributed by atoms with E-state index in [1.807, 2.05) is 13.8 Å². The molecule has 4 heteroatoms. The SMILES string of the molecule is C=C(C)COCCNCC(=O)NCCC. The highest BCUT2D eigenvalue weighted by molar-refractivity contribution is 5.77. The van der Waals surface area contributed by atoms with E-state index < -0.39 is 0 Å². The van der Waals surface area contributed by atoms with Crippen molar-refractivity contribution in [2.24, 2.45) is 0 Å². The number of rotatable bonds is 9. The van der Waals surface area contributed by atoms with Gasteiger partial charge in [-0.05, 0) is 13.3 Å². The summed E-state index contributed by atoms with van der Waals surface area (Å²) in [6.07, 6.45) is 0.966. The molecule has 0 aromatic rings. The van der Waals surface area contributed by atoms with Gasteiger partial charge in [0, 0.05) is 13.1 Å². The molecule has 4 nitrogen and oxygen atoms in total. The third kappa shape index (κ3) is 11.1. The monoisotopic (exact) mass is 214 g/mol. The van der Waals surface area contributed by atoms with Gasteiger partial charge in [-0.2, -0.15) is 0 Å². The van der Waals surface area contributed by atoms with Crippen molar-refractivity contribution in [2.75, 3.05) is 32.8 Å². The van der Waals surface area contributed by atoms with Crippen LogP contribution in [0.1, 0.15) is 20.3 Å². The topological polar surface area (TPSA) is 50.4 Å². The second-order valence-corrected chi connectivity index (χ2v) is 3.54. The average Bonchev–Trinajstić information content (AvgIpc) is 2.19. The second kappa shape index (κ2) is 9.68. The van der Waals surface area contributed by atoms with E-state index in [0.717, 1.165) is 18.5 Å². The highest BCUT2D eigenvalue weighted by Gasteiger charge is 1.97. The summed E-state index contributed by atoms with van der Waals surface area (Å²) in [5, 5.41) is 5.79. The summed E-state index contributed by atoms with van der Waals surface area (Å²) >= 11 is 0. The maximum absolute atomic E-state index is 11.1. The number of carbonyl (C=O) groups excluding carboxylic acids is 1. The first-order chi connectivity index (χ1) is 7.16. The molecule has 0 aliphatic rings. The van der Waals surface area contributed by atoms with E-state index in [9.17, 15) is 4.79 Å². The number of ether oxygens (including phenoxy) is 1. The van der Waals surface area contributed by atoms with Crippen LogP contribution in [0.25, 0.3) is 0 Å². The predicted octanol–water partition coefficient (Wildman–Crippen LogP) is 0.695. The molecule has 0 atom stereocenters. The summed E-state index contributed by atoms with van der Waals surface area (Å²) in [5.74, 6) is 0.0387. The fourth-order valence-corrected chi connectivity index (χ4v) is 0.920. The van der Waals surface area contributed by atoms with Crippen LogP contribution in [0, 0.1) is 0 Å². The fraction of sp³-hybridized carbons (Fsp3) is 0.727. The summed E-state index contributed by atoms with van der Waals surface area (Å²) in [6, 6.07) is 0. The molecule has 0 spiro atoms. The van der Waals surface area contributed by atoms with Crippen molar-refractivity contribution in [3.63, 3.8) is 0 Å². The second-order valence-electron chi connectivity index (χ2n) is 3.54. The smallest absolute Gasteiger partial charge is 0.233 e. The molecule has 88 valence electrons. The van der Waals surface area contributed by atoms with Crippen LogP contribution in [0.3, 0.4) is 0 Å². The van der Waals surface area contributed by atoms with Gasteiger partial charge in [0.1, 0.15) is 0 Å². The molecular weight excluding hydrogens is 192 g/mol. The summed E-state index contributed by atoms with van der Waals surface area (Å²) in [5.41, 5.74) is 1.01. The molecular formula is C11H22N2O2. The quantitative estimate of drug-likeness (QED) is 0.439. The maximum Gasteiger partial charge on any atom is 0.233 e. The first kappa shape index (κ1) is 14.1. The van der Waals surface area contributed by atoms with E-state index in [1.165, 1.54) is 0 Å². The molecule has 0 fully saturated rings. The number of hydrogen-bond acceptors (Lipinski definition) is 3. The fourth-order valence-electron chi connectivity index (χ4n) is 0.920. The molecule has 1 amide bonds. The zero-order chi connectivity index (χ0) is 11.5. The molecule has 0 saturated carbocycles. The van der Waals surface area contributed by atoms with E-state index in [2.05, 4.69) is 17.2 Å². The Hall–Kier alpha value is -0.870. The number of nitrogens with one attached hydrogen (secondary N) is 2. The third-order valence-corrected chi connectivity index (χ3v) is 1.63. The van der Waals surface area contributed by atoms with Crippen LogP contribution in [0.4, 0.5) is 0 Å². The van der Waals surface area contributed by atoms with E-state index in [0.29, 0.717) is 26.3 Å². The zero-order valence-corrected chi connectivity index (χ0v) is 9.77. The van der Waals surface area contributed by atoms with Gasteiger partial charge in [-0.15, -0.1) is 0 Å². The first-order valence-corrected chi connectivity index (χ1v) is 5.36. The highest BCUT2D eigenvalue weighted by Crippen LogP contribution is 1.86. The van der Waals surface area contributed by atoms with Gasteiger partial charge in [0.05, 0.1) is 19.8 Å². The van der Waals surface area contributed by atoms with Crippen molar-refractivity contribution < 1.29 is 9.53 Å². The molecule has 0 aromatic carbocycles. The van der Waals surface area contributed by atoms with Gasteiger partial charge in [-0.25, -0.2) is 0 Å². The normalized spacial score (nSPS) is 10.0. The van der Waals surface area contributed by atoms with Crippen molar-refractivity contribution in [3.05, 3.63) is 12.2 Å². The van der Waals surface area contributed by atoms with Crippen LogP contribution in [-0.2, 0) is 9.53 Å². The maximum atomic E-state index is 11.1. The van der Waals surface area contributed by atoms with Crippen molar-refractivity contribution in [1.82, 2.24) is 10.6 Å². The van der Waals surface area contributed by atoms with Crippen molar-refractivity contribution in [1.29, 1.82) is 0 Å². The highest BCUT2D eigenvalue weighted by atomic mass is 16.5. The Balaban J connectivity index is 3.16. The Morgan fingerprint density at radius 3 is 2.73 bits per heavy atom. The minimum atomic E-state index is 0.0387. The molecule has 0 rings (SSSR count). The van der Waals surface area contributed by atoms with Crippen LogP contribution >= 0.6 is 0 Å². The lowest BCUT2D eigenvalue weighted by Gasteiger charge is -2.06. The molecule has 0 saturated heterocycles. The Kier molecular flexibility index (Phi) is 9.11. The van der Waals surface area contributed by atoms with Crippen molar-refractivity contribution in [2.45, 2.75) is 20.3 Å². The largest absolute Gasteiger partial charge is 0.376 e. The van der Waals surface area contributed by atoms with E-state index >= 15 is 0 Å². The predicted molar refractivity (Wildman–Crippen MR) is 61.8 cm³/mol. The lowest BCUT2D eigenvalue weighted by molar-refractivity contribution is -0.120. The molecule has 0 bridgehead atoms. The van der Waals surface area contributed by atoms with Gasteiger partial charge in [0.2, 0.25) is 5.91 Å². The first-order valence-electron chi connectivity index (χ1n) is 5.36. The number of amides is 1. The third-order valence-electron chi connectivity index (χ3n) is 1.63. The average molecular weight is 214 g/mol. The summed E-state index contributed by atoms with van der Waals surface area (Å²) in [7, 11) is 0.